The molecule has 0 radical (unpaired) electrons. The molecular weight excluding hydrogens is 404 g/mol. The zero-order valence-electron chi connectivity index (χ0n) is 16.0. The molecule has 0 N–H and O–H groups in total. The molecule has 0 saturated heterocycles. The van der Waals surface area contributed by atoms with E-state index in [0.29, 0.717) is 10.6 Å². The third-order valence-corrected chi connectivity index (χ3v) is 6.08. The van der Waals surface area contributed by atoms with Gasteiger partial charge in [0.25, 0.3) is 5.91 Å². The molecule has 0 spiro atoms. The molecular formula is C23H19ClN2O2S. The second-order valence-corrected chi connectivity index (χ2v) is 8.15. The second-order valence-electron chi connectivity index (χ2n) is 6.64. The Morgan fingerprint density at radius 1 is 1.07 bits per heavy atom. The number of halogens is 1. The molecule has 0 bridgehead atoms. The van der Waals surface area contributed by atoms with E-state index in [2.05, 4.69) is 0 Å². The Balaban J connectivity index is 1.77. The largest absolute Gasteiger partial charge is 0.496 e. The van der Waals surface area contributed by atoms with Crippen molar-refractivity contribution in [1.29, 1.82) is 0 Å². The van der Waals surface area contributed by atoms with Gasteiger partial charge in [0.2, 0.25) is 0 Å². The first-order chi connectivity index (χ1) is 14.1. The molecule has 3 aromatic rings. The minimum absolute atomic E-state index is 0.152. The fourth-order valence-electron chi connectivity index (χ4n) is 3.18. The highest BCUT2D eigenvalue weighted by Gasteiger charge is 2.36. The topological polar surface area (TPSA) is 41.9 Å². The number of carbonyl (C=O) groups excluding carboxylic acids is 1. The van der Waals surface area contributed by atoms with E-state index in [1.807, 2.05) is 79.7 Å². The van der Waals surface area contributed by atoms with Gasteiger partial charge in [-0.25, -0.2) is 5.01 Å². The first kappa shape index (κ1) is 19.6. The fourth-order valence-corrected chi connectivity index (χ4v) is 4.48. The van der Waals surface area contributed by atoms with Crippen molar-refractivity contribution in [3.63, 3.8) is 0 Å². The van der Waals surface area contributed by atoms with Crippen molar-refractivity contribution in [2.75, 3.05) is 7.11 Å². The number of hydrogen-bond donors (Lipinski definition) is 0. The molecule has 29 heavy (non-hydrogen) atoms. The smallest absolute Gasteiger partial charge is 0.275 e. The molecule has 0 aromatic heterocycles. The summed E-state index contributed by atoms with van der Waals surface area (Å²) in [4.78, 5) is 13.4. The van der Waals surface area contributed by atoms with E-state index in [9.17, 15) is 4.79 Å². The number of thioether (sulfide) groups is 1. The Hall–Kier alpha value is -2.76. The van der Waals surface area contributed by atoms with Gasteiger partial charge >= 0.3 is 0 Å². The van der Waals surface area contributed by atoms with E-state index in [0.717, 1.165) is 27.5 Å². The van der Waals surface area contributed by atoms with Crippen molar-refractivity contribution in [2.24, 2.45) is 5.10 Å². The van der Waals surface area contributed by atoms with Crippen molar-refractivity contribution in [3.8, 4) is 5.75 Å². The Morgan fingerprint density at radius 3 is 2.55 bits per heavy atom. The van der Waals surface area contributed by atoms with Crippen LogP contribution in [0.1, 0.15) is 32.4 Å². The van der Waals surface area contributed by atoms with Crippen molar-refractivity contribution in [3.05, 3.63) is 100 Å². The quantitative estimate of drug-likeness (QED) is 0.525. The van der Waals surface area contributed by atoms with Crippen molar-refractivity contribution in [1.82, 2.24) is 5.01 Å². The van der Waals surface area contributed by atoms with E-state index < -0.39 is 0 Å². The second kappa shape index (κ2) is 8.31. The summed E-state index contributed by atoms with van der Waals surface area (Å²) < 4.78 is 5.55. The number of ether oxygens (including phenoxy) is 1. The summed E-state index contributed by atoms with van der Waals surface area (Å²) in [5.41, 5.74) is 3.44. The van der Waals surface area contributed by atoms with E-state index in [1.165, 1.54) is 11.8 Å². The number of hydrazone groups is 1. The zero-order chi connectivity index (χ0) is 20.4. The van der Waals surface area contributed by atoms with E-state index >= 15 is 0 Å². The molecule has 6 heteroatoms. The number of rotatable bonds is 4. The maximum atomic E-state index is 13.4. The maximum absolute atomic E-state index is 13.4. The summed E-state index contributed by atoms with van der Waals surface area (Å²) in [7, 11) is 1.63. The molecule has 1 amide bonds. The summed E-state index contributed by atoms with van der Waals surface area (Å²) in [6.45, 7) is 1.97. The fraction of sp³-hybridized carbons (Fsp3) is 0.130. The molecule has 1 aliphatic rings. The average molecular weight is 423 g/mol. The van der Waals surface area contributed by atoms with Crippen LogP contribution in [0.5, 0.6) is 5.75 Å². The summed E-state index contributed by atoms with van der Waals surface area (Å²) in [5.74, 6) is 0.570. The van der Waals surface area contributed by atoms with Crippen molar-refractivity contribution in [2.45, 2.75) is 12.3 Å². The Labute approximate surface area is 179 Å². The normalized spacial score (nSPS) is 15.9. The van der Waals surface area contributed by atoms with Crippen LogP contribution in [0.4, 0.5) is 0 Å². The lowest BCUT2D eigenvalue weighted by Crippen LogP contribution is -2.26. The Kier molecular flexibility index (Phi) is 5.60. The molecule has 1 atom stereocenters. The Bertz CT molecular complexity index is 1080. The average Bonchev–Trinajstić information content (AvgIpc) is 3.19. The molecule has 1 aliphatic heterocycles. The molecule has 0 fully saturated rings. The van der Waals surface area contributed by atoms with Crippen molar-refractivity contribution >= 4 is 34.3 Å². The lowest BCUT2D eigenvalue weighted by atomic mass is 10.1. The molecule has 146 valence electrons. The number of para-hydroxylation sites is 1. The Morgan fingerprint density at radius 2 is 1.83 bits per heavy atom. The summed E-state index contributed by atoms with van der Waals surface area (Å²) in [5, 5.41) is 7.33. The molecule has 4 rings (SSSR count). The summed E-state index contributed by atoms with van der Waals surface area (Å²) >= 11 is 7.55. The van der Waals surface area contributed by atoms with Gasteiger partial charge in [0.05, 0.1) is 7.11 Å². The van der Waals surface area contributed by atoms with Gasteiger partial charge in [-0.1, -0.05) is 71.4 Å². The van der Waals surface area contributed by atoms with Crippen LogP contribution in [0.25, 0.3) is 0 Å². The van der Waals surface area contributed by atoms with Crippen LogP contribution in [0.2, 0.25) is 5.02 Å². The highest BCUT2D eigenvalue weighted by molar-refractivity contribution is 8.14. The molecule has 0 unspecified atom stereocenters. The first-order valence-corrected chi connectivity index (χ1v) is 10.4. The van der Waals surface area contributed by atoms with Gasteiger partial charge in [0, 0.05) is 21.7 Å². The van der Waals surface area contributed by atoms with E-state index in [1.54, 1.807) is 12.1 Å². The van der Waals surface area contributed by atoms with Crippen molar-refractivity contribution < 1.29 is 9.53 Å². The minimum Gasteiger partial charge on any atom is -0.496 e. The number of amides is 1. The molecule has 0 aliphatic carbocycles. The number of hydrogen-bond acceptors (Lipinski definition) is 4. The third-order valence-electron chi connectivity index (χ3n) is 4.61. The van der Waals surface area contributed by atoms with Gasteiger partial charge < -0.3 is 4.74 Å². The van der Waals surface area contributed by atoms with Gasteiger partial charge in [-0.05, 0) is 37.3 Å². The van der Waals surface area contributed by atoms with Crippen LogP contribution in [0.15, 0.2) is 77.9 Å². The molecule has 4 nitrogen and oxygen atoms in total. The summed E-state index contributed by atoms with van der Waals surface area (Å²) in [6, 6.07) is 22.7. The lowest BCUT2D eigenvalue weighted by Gasteiger charge is -2.22. The van der Waals surface area contributed by atoms with Gasteiger partial charge in [-0.15, -0.1) is 0 Å². The first-order valence-electron chi connectivity index (χ1n) is 9.11. The number of nitrogens with zero attached hydrogens (tertiary/aromatic N) is 2. The van der Waals surface area contributed by atoms with Crippen LogP contribution in [-0.2, 0) is 0 Å². The standard InChI is InChI=1S/C23H19ClN2O2S/c1-15-6-5-7-17(14-15)22(27)26-23(19-8-3-4-9-20(19)28-2)29-21(25-26)16-10-12-18(24)13-11-16/h3-14,23H,1-2H3/t23-/m1/s1. The van der Waals surface area contributed by atoms with Gasteiger partial charge in [-0.3, -0.25) is 4.79 Å². The van der Waals surface area contributed by atoms with Gasteiger partial charge in [0.15, 0.2) is 0 Å². The van der Waals surface area contributed by atoms with Crippen LogP contribution in [0, 0.1) is 6.92 Å². The number of aryl methyl sites for hydroxylation is 1. The van der Waals surface area contributed by atoms with Crippen LogP contribution >= 0.6 is 23.4 Å². The van der Waals surface area contributed by atoms with Gasteiger partial charge in [-0.2, -0.15) is 5.10 Å². The summed E-state index contributed by atoms with van der Waals surface area (Å²) in [6.07, 6.45) is 0. The predicted octanol–water partition coefficient (Wildman–Crippen LogP) is 5.91. The van der Waals surface area contributed by atoms with Crippen LogP contribution in [-0.4, -0.2) is 23.1 Å². The lowest BCUT2D eigenvalue weighted by molar-refractivity contribution is 0.0748. The monoisotopic (exact) mass is 422 g/mol. The molecule has 3 aromatic carbocycles. The van der Waals surface area contributed by atoms with E-state index in [-0.39, 0.29) is 11.3 Å². The van der Waals surface area contributed by atoms with Crippen LogP contribution < -0.4 is 4.74 Å². The zero-order valence-corrected chi connectivity index (χ0v) is 17.6. The number of benzene rings is 3. The molecule has 0 saturated carbocycles. The SMILES string of the molecule is COc1ccccc1[C@H]1SC(c2ccc(Cl)cc2)=NN1C(=O)c1cccc(C)c1. The highest BCUT2D eigenvalue weighted by Crippen LogP contribution is 2.45. The maximum Gasteiger partial charge on any atom is 0.275 e. The minimum atomic E-state index is -0.329. The third kappa shape index (κ3) is 4.02. The number of carbonyl (C=O) groups is 1. The highest BCUT2D eigenvalue weighted by atomic mass is 35.5. The van der Waals surface area contributed by atoms with Gasteiger partial charge in [0.1, 0.15) is 16.2 Å². The molecule has 1 heterocycles. The predicted molar refractivity (Wildman–Crippen MR) is 119 cm³/mol. The number of methoxy groups -OCH3 is 1. The van der Waals surface area contributed by atoms with Crippen LogP contribution in [0.3, 0.4) is 0 Å². The van der Waals surface area contributed by atoms with E-state index in [4.69, 9.17) is 21.4 Å².